The lowest BCUT2D eigenvalue weighted by atomic mass is 10.1. The van der Waals surface area contributed by atoms with Crippen molar-refractivity contribution >= 4 is 5.69 Å². The van der Waals surface area contributed by atoms with E-state index in [2.05, 4.69) is 36.3 Å². The van der Waals surface area contributed by atoms with Gasteiger partial charge in [-0.2, -0.15) is 0 Å². The van der Waals surface area contributed by atoms with Crippen LogP contribution in [-0.4, -0.2) is 10.1 Å². The van der Waals surface area contributed by atoms with Crippen LogP contribution in [0.1, 0.15) is 16.8 Å². The maximum atomic E-state index is 9.14. The fourth-order valence-corrected chi connectivity index (χ4v) is 1.65. The van der Waals surface area contributed by atoms with Crippen LogP contribution in [0.3, 0.4) is 0 Å². The van der Waals surface area contributed by atoms with Gasteiger partial charge in [0.1, 0.15) is 5.75 Å². The zero-order valence-electron chi connectivity index (χ0n) is 10.1. The van der Waals surface area contributed by atoms with Crippen molar-refractivity contribution in [1.82, 2.24) is 4.98 Å². The van der Waals surface area contributed by atoms with Crippen molar-refractivity contribution in [2.24, 2.45) is 0 Å². The quantitative estimate of drug-likeness (QED) is 0.848. The third-order valence-electron chi connectivity index (χ3n) is 2.87. The van der Waals surface area contributed by atoms with Crippen LogP contribution >= 0.6 is 0 Å². The molecule has 2 aromatic rings. The molecule has 0 aliphatic carbocycles. The number of nitrogens with zero attached hydrogens (tertiary/aromatic N) is 1. The predicted molar refractivity (Wildman–Crippen MR) is 69.1 cm³/mol. The van der Waals surface area contributed by atoms with Gasteiger partial charge in [-0.25, -0.2) is 0 Å². The average Bonchev–Trinajstić information content (AvgIpc) is 2.33. The summed E-state index contributed by atoms with van der Waals surface area (Å²) in [5, 5.41) is 12.5. The largest absolute Gasteiger partial charge is 0.506 e. The number of hydrogen-bond acceptors (Lipinski definition) is 3. The van der Waals surface area contributed by atoms with Gasteiger partial charge in [0.15, 0.2) is 0 Å². The SMILES string of the molecule is Cc1cccc(NCc2ccc(O)cn2)c1C. The highest BCUT2D eigenvalue weighted by atomic mass is 16.3. The lowest BCUT2D eigenvalue weighted by Crippen LogP contribution is -2.03. The first-order valence-corrected chi connectivity index (χ1v) is 5.61. The molecular weight excluding hydrogens is 212 g/mol. The summed E-state index contributed by atoms with van der Waals surface area (Å²) in [6.07, 6.45) is 1.46. The predicted octanol–water partition coefficient (Wildman–Crippen LogP) is 3.02. The average molecular weight is 228 g/mol. The van der Waals surface area contributed by atoms with Crippen molar-refractivity contribution in [3.8, 4) is 5.75 Å². The van der Waals surface area contributed by atoms with Gasteiger partial charge >= 0.3 is 0 Å². The smallest absolute Gasteiger partial charge is 0.133 e. The van der Waals surface area contributed by atoms with Crippen molar-refractivity contribution in [2.75, 3.05) is 5.32 Å². The summed E-state index contributed by atoms with van der Waals surface area (Å²) in [7, 11) is 0. The van der Waals surface area contributed by atoms with E-state index in [1.807, 2.05) is 12.1 Å². The zero-order chi connectivity index (χ0) is 12.3. The molecule has 0 saturated carbocycles. The number of aromatic nitrogens is 1. The van der Waals surface area contributed by atoms with Gasteiger partial charge in [-0.1, -0.05) is 12.1 Å². The molecule has 0 radical (unpaired) electrons. The molecule has 3 heteroatoms. The number of aryl methyl sites for hydroxylation is 1. The number of pyridine rings is 1. The monoisotopic (exact) mass is 228 g/mol. The van der Waals surface area contributed by atoms with Gasteiger partial charge in [-0.3, -0.25) is 4.98 Å². The van der Waals surface area contributed by atoms with E-state index in [-0.39, 0.29) is 5.75 Å². The van der Waals surface area contributed by atoms with Gasteiger partial charge in [0.05, 0.1) is 18.4 Å². The van der Waals surface area contributed by atoms with Crippen LogP contribution in [0.5, 0.6) is 5.75 Å². The molecule has 0 saturated heterocycles. The Morgan fingerprint density at radius 1 is 1.18 bits per heavy atom. The molecular formula is C14H16N2O. The maximum Gasteiger partial charge on any atom is 0.133 e. The van der Waals surface area contributed by atoms with Crippen molar-refractivity contribution in [2.45, 2.75) is 20.4 Å². The van der Waals surface area contributed by atoms with Gasteiger partial charge in [-0.05, 0) is 43.2 Å². The maximum absolute atomic E-state index is 9.14. The lowest BCUT2D eigenvalue weighted by molar-refractivity contribution is 0.472. The van der Waals surface area contributed by atoms with E-state index in [0.29, 0.717) is 6.54 Å². The Morgan fingerprint density at radius 3 is 2.71 bits per heavy atom. The summed E-state index contributed by atoms with van der Waals surface area (Å²) in [4.78, 5) is 4.13. The van der Waals surface area contributed by atoms with Crippen LogP contribution in [-0.2, 0) is 6.54 Å². The van der Waals surface area contributed by atoms with Gasteiger partial charge in [0, 0.05) is 5.69 Å². The molecule has 2 N–H and O–H groups in total. The first-order valence-electron chi connectivity index (χ1n) is 5.61. The van der Waals surface area contributed by atoms with Crippen LogP contribution in [0.2, 0.25) is 0 Å². The number of benzene rings is 1. The Balaban J connectivity index is 2.07. The van der Waals surface area contributed by atoms with Crippen LogP contribution < -0.4 is 5.32 Å². The summed E-state index contributed by atoms with van der Waals surface area (Å²) in [5.74, 6) is 0.195. The third kappa shape index (κ3) is 2.75. The summed E-state index contributed by atoms with van der Waals surface area (Å²) in [5.41, 5.74) is 4.56. The molecule has 88 valence electrons. The van der Waals surface area contributed by atoms with Gasteiger partial charge in [0.25, 0.3) is 0 Å². The molecule has 0 atom stereocenters. The Morgan fingerprint density at radius 2 is 2.00 bits per heavy atom. The standard InChI is InChI=1S/C14H16N2O/c1-10-4-3-5-14(11(10)2)16-8-12-6-7-13(17)9-15-12/h3-7,9,16-17H,8H2,1-2H3. The van der Waals surface area contributed by atoms with Crippen molar-refractivity contribution < 1.29 is 5.11 Å². The minimum Gasteiger partial charge on any atom is -0.506 e. The van der Waals surface area contributed by atoms with Crippen molar-refractivity contribution in [1.29, 1.82) is 0 Å². The molecule has 0 spiro atoms. The molecule has 1 aromatic heterocycles. The third-order valence-corrected chi connectivity index (χ3v) is 2.87. The molecule has 0 unspecified atom stereocenters. The zero-order valence-corrected chi connectivity index (χ0v) is 10.1. The highest BCUT2D eigenvalue weighted by Gasteiger charge is 2.00. The highest BCUT2D eigenvalue weighted by Crippen LogP contribution is 2.18. The fraction of sp³-hybridized carbons (Fsp3) is 0.214. The molecule has 0 aliphatic heterocycles. The Bertz CT molecular complexity index is 506. The summed E-state index contributed by atoms with van der Waals surface area (Å²) in [6.45, 7) is 4.85. The Hall–Kier alpha value is -2.03. The van der Waals surface area contributed by atoms with E-state index in [0.717, 1.165) is 11.4 Å². The Labute approximate surface area is 101 Å². The molecule has 0 bridgehead atoms. The number of anilines is 1. The second-order valence-electron chi connectivity index (χ2n) is 4.11. The second-order valence-corrected chi connectivity index (χ2v) is 4.11. The number of nitrogens with one attached hydrogen (secondary N) is 1. The van der Waals surface area contributed by atoms with Crippen LogP contribution in [0.15, 0.2) is 36.5 Å². The van der Waals surface area contributed by atoms with Crippen LogP contribution in [0.25, 0.3) is 0 Å². The van der Waals surface area contributed by atoms with Gasteiger partial charge in [-0.15, -0.1) is 0 Å². The van der Waals surface area contributed by atoms with E-state index in [1.165, 1.54) is 17.3 Å². The topological polar surface area (TPSA) is 45.1 Å². The number of rotatable bonds is 3. The van der Waals surface area contributed by atoms with E-state index in [9.17, 15) is 0 Å². The van der Waals surface area contributed by atoms with Crippen LogP contribution in [0, 0.1) is 13.8 Å². The van der Waals surface area contributed by atoms with Crippen molar-refractivity contribution in [3.63, 3.8) is 0 Å². The first kappa shape index (κ1) is 11.5. The summed E-state index contributed by atoms with van der Waals surface area (Å²) >= 11 is 0. The molecule has 0 amide bonds. The normalized spacial score (nSPS) is 10.2. The molecule has 2 rings (SSSR count). The van der Waals surface area contributed by atoms with Gasteiger partial charge in [0.2, 0.25) is 0 Å². The van der Waals surface area contributed by atoms with E-state index in [1.54, 1.807) is 6.07 Å². The fourth-order valence-electron chi connectivity index (χ4n) is 1.65. The molecule has 0 fully saturated rings. The molecule has 17 heavy (non-hydrogen) atoms. The first-order chi connectivity index (χ1) is 8.16. The minimum atomic E-state index is 0.195. The van der Waals surface area contributed by atoms with E-state index < -0.39 is 0 Å². The van der Waals surface area contributed by atoms with Gasteiger partial charge < -0.3 is 10.4 Å². The second kappa shape index (κ2) is 4.87. The molecule has 0 aliphatic rings. The number of hydrogen-bond donors (Lipinski definition) is 2. The van der Waals surface area contributed by atoms with Crippen LogP contribution in [0.4, 0.5) is 5.69 Å². The molecule has 1 heterocycles. The molecule has 1 aromatic carbocycles. The lowest BCUT2D eigenvalue weighted by Gasteiger charge is -2.10. The summed E-state index contributed by atoms with van der Waals surface area (Å²) < 4.78 is 0. The van der Waals surface area contributed by atoms with E-state index >= 15 is 0 Å². The van der Waals surface area contributed by atoms with E-state index in [4.69, 9.17) is 5.11 Å². The Kier molecular flexibility index (Phi) is 3.28. The summed E-state index contributed by atoms with van der Waals surface area (Å²) in [6, 6.07) is 9.65. The highest BCUT2D eigenvalue weighted by molar-refractivity contribution is 5.53. The molecule has 3 nitrogen and oxygen atoms in total. The number of aromatic hydroxyl groups is 1. The van der Waals surface area contributed by atoms with Crippen molar-refractivity contribution in [3.05, 3.63) is 53.3 Å². The minimum absolute atomic E-state index is 0.195.